The van der Waals surface area contributed by atoms with Crippen LogP contribution in [0.2, 0.25) is 0 Å². The first-order valence-electron chi connectivity index (χ1n) is 16.3. The molecular weight excluding hydrogens is 655 g/mol. The van der Waals surface area contributed by atoms with Crippen LogP contribution in [0.25, 0.3) is 0 Å². The Morgan fingerprint density at radius 3 is 2.02 bits per heavy atom. The summed E-state index contributed by atoms with van der Waals surface area (Å²) in [5, 5.41) is 0. The molecule has 0 nitrogen and oxygen atoms in total. The Labute approximate surface area is 296 Å². The topological polar surface area (TPSA) is 0 Å². The second-order valence-electron chi connectivity index (χ2n) is 14.1. The molecule has 234 valence electrons. The van der Waals surface area contributed by atoms with Crippen LogP contribution in [0.3, 0.4) is 0 Å². The number of rotatable bonds is 2. The van der Waals surface area contributed by atoms with Crippen LogP contribution in [0.15, 0.2) is 91.1 Å². The predicted octanol–water partition coefficient (Wildman–Crippen LogP) is 4.54. The van der Waals surface area contributed by atoms with Gasteiger partial charge in [0.05, 0.1) is 0 Å². The first kappa shape index (κ1) is 37.2. The summed E-state index contributed by atoms with van der Waals surface area (Å²) in [4.78, 5) is 0. The molecule has 0 amide bonds. The zero-order valence-electron chi connectivity index (χ0n) is 27.5. The number of fused-ring (bicyclic) bond motifs is 5. The third-order valence-corrected chi connectivity index (χ3v) is 13.2. The third-order valence-electron chi connectivity index (χ3n) is 11.8. The second kappa shape index (κ2) is 15.5. The van der Waals surface area contributed by atoms with Gasteiger partial charge in [-0.2, -0.15) is 12.0 Å². The van der Waals surface area contributed by atoms with Crippen molar-refractivity contribution in [1.29, 1.82) is 0 Å². The summed E-state index contributed by atoms with van der Waals surface area (Å²) in [7, 11) is 0. The molecule has 3 saturated carbocycles. The molecular formula is C41H50Cl2Zr-2. The van der Waals surface area contributed by atoms with Crippen molar-refractivity contribution in [2.45, 2.75) is 80.1 Å². The zero-order valence-corrected chi connectivity index (χ0v) is 31.5. The van der Waals surface area contributed by atoms with E-state index in [1.807, 2.05) is 12.2 Å². The van der Waals surface area contributed by atoms with Gasteiger partial charge in [-0.3, -0.25) is 6.08 Å². The molecule has 5 aliphatic rings. The van der Waals surface area contributed by atoms with Gasteiger partial charge in [-0.25, -0.2) is 12.2 Å². The number of halogens is 2. The van der Waals surface area contributed by atoms with E-state index in [0.717, 1.165) is 30.1 Å². The molecule has 0 N–H and O–H groups in total. The van der Waals surface area contributed by atoms with Gasteiger partial charge in [-0.15, -0.1) is 11.8 Å². The summed E-state index contributed by atoms with van der Waals surface area (Å²) >= 11 is 1.47. The molecule has 0 heterocycles. The predicted molar refractivity (Wildman–Crippen MR) is 177 cm³/mol. The third kappa shape index (κ3) is 7.17. The maximum atomic E-state index is 2.99. The Kier molecular flexibility index (Phi) is 13.1. The van der Waals surface area contributed by atoms with Crippen LogP contribution >= 0.6 is 0 Å². The van der Waals surface area contributed by atoms with Crippen molar-refractivity contribution in [2.24, 2.45) is 39.9 Å². The smallest absolute Gasteiger partial charge is 0.109 e. The van der Waals surface area contributed by atoms with E-state index in [2.05, 4.69) is 133 Å². The fourth-order valence-corrected chi connectivity index (χ4v) is 9.68. The Balaban J connectivity index is 0.000000205. The van der Waals surface area contributed by atoms with E-state index in [1.165, 1.54) is 81.8 Å². The van der Waals surface area contributed by atoms with E-state index in [4.69, 9.17) is 0 Å². The summed E-state index contributed by atoms with van der Waals surface area (Å²) in [5.74, 6) is 3.58. The average molecular weight is 705 g/mol. The Morgan fingerprint density at radius 2 is 1.48 bits per heavy atom. The molecule has 7 rings (SSSR count). The summed E-state index contributed by atoms with van der Waals surface area (Å²) in [6.45, 7) is 14.5. The maximum absolute atomic E-state index is 2.99. The van der Waals surface area contributed by atoms with Crippen molar-refractivity contribution in [1.82, 2.24) is 0 Å². The van der Waals surface area contributed by atoms with Crippen LogP contribution in [0.5, 0.6) is 0 Å². The first-order valence-corrected chi connectivity index (χ1v) is 17.5. The molecule has 7 atom stereocenters. The van der Waals surface area contributed by atoms with E-state index in [1.54, 1.807) is 0 Å². The average Bonchev–Trinajstić information content (AvgIpc) is 3.66. The summed E-state index contributed by atoms with van der Waals surface area (Å²) in [6.07, 6.45) is 29.8. The number of allylic oxidation sites excluding steroid dienone is 8. The Bertz CT molecular complexity index is 1340. The van der Waals surface area contributed by atoms with Crippen molar-refractivity contribution in [3.63, 3.8) is 0 Å². The van der Waals surface area contributed by atoms with Crippen molar-refractivity contribution >= 4 is 3.21 Å². The first-order chi connectivity index (χ1) is 20.1. The van der Waals surface area contributed by atoms with Gasteiger partial charge in [-0.05, 0) is 23.2 Å². The van der Waals surface area contributed by atoms with Gasteiger partial charge in [0.25, 0.3) is 0 Å². The quantitative estimate of drug-likeness (QED) is 0.403. The fraction of sp³-hybridized carbons (Fsp3) is 0.463. The van der Waals surface area contributed by atoms with Gasteiger partial charge in [0.2, 0.25) is 0 Å². The molecule has 44 heavy (non-hydrogen) atoms. The molecule has 3 heteroatoms. The molecule has 0 aromatic heterocycles. The number of benzene rings is 2. The van der Waals surface area contributed by atoms with Gasteiger partial charge < -0.3 is 31.2 Å². The number of aryl methyl sites for hydroxylation is 2. The van der Waals surface area contributed by atoms with E-state index in [-0.39, 0.29) is 30.2 Å². The minimum absolute atomic E-state index is 0. The summed E-state index contributed by atoms with van der Waals surface area (Å²) in [5.41, 5.74) is 6.34. The maximum Gasteiger partial charge on any atom is -0.109 e. The number of hydrogen-bond acceptors (Lipinski definition) is 0. The largest absolute Gasteiger partial charge is 1.00 e. The molecule has 0 spiro atoms. The standard InChI is InChI=1S/C21H31.C15H14.C5H5.2ClH.Zr/c1-15-13-18-17-10-6-5-9-16(17)14-20(18,3)21(4)12-8-7-11-19(15,21)2;1-12-5-3-7-14(9-12)11-15-8-4-6-13(2)10-15;1-2-4-5-3-1;;;/h7-8,11-12,14-18H,5-6,9-10,13H2,1-4H3;3-10H,1-2H3;1-3H,4H2;2*1H;/q-1;;-1;;;+2/p-2. The van der Waals surface area contributed by atoms with Crippen LogP contribution in [-0.4, -0.2) is 3.21 Å². The van der Waals surface area contributed by atoms with Crippen LogP contribution in [0.1, 0.15) is 88.5 Å². The molecule has 0 radical (unpaired) electrons. The van der Waals surface area contributed by atoms with Crippen molar-refractivity contribution < 1.29 is 49.0 Å². The van der Waals surface area contributed by atoms with Gasteiger partial charge in [-0.1, -0.05) is 89.5 Å². The molecule has 7 unspecified atom stereocenters. The SMILES string of the molecule is CC1CC2C3CCCCC3[CH-]C2(C)C2(C)C=CC=CC12C.Cc1cccc([C](=[Zr+2])c2cccc(C)c2)c1.[C-]1=CC=CC1.[Cl-].[Cl-]. The van der Waals surface area contributed by atoms with Crippen LogP contribution in [-0.2, 0) is 24.2 Å². The van der Waals surface area contributed by atoms with E-state index < -0.39 is 0 Å². The van der Waals surface area contributed by atoms with Crippen molar-refractivity contribution in [3.05, 3.63) is 126 Å². The van der Waals surface area contributed by atoms with Crippen LogP contribution in [0.4, 0.5) is 0 Å². The minimum Gasteiger partial charge on any atom is -1.00 e. The van der Waals surface area contributed by atoms with Gasteiger partial charge in [0.15, 0.2) is 0 Å². The molecule has 5 aliphatic carbocycles. The molecule has 0 aliphatic heterocycles. The molecule has 3 fully saturated rings. The van der Waals surface area contributed by atoms with Gasteiger partial charge in [0, 0.05) is 0 Å². The van der Waals surface area contributed by atoms with Gasteiger partial charge >= 0.3 is 112 Å². The molecule has 2 aromatic rings. The zero-order chi connectivity index (χ0) is 30.0. The second-order valence-corrected chi connectivity index (χ2v) is 15.4. The van der Waals surface area contributed by atoms with E-state index in [0.29, 0.717) is 10.8 Å². The fourth-order valence-electron chi connectivity index (χ4n) is 8.91. The van der Waals surface area contributed by atoms with E-state index in [9.17, 15) is 0 Å². The molecule has 0 bridgehead atoms. The normalized spacial score (nSPS) is 33.6. The summed E-state index contributed by atoms with van der Waals surface area (Å²) < 4.78 is 1.43. The minimum atomic E-state index is 0. The van der Waals surface area contributed by atoms with Crippen LogP contribution < -0.4 is 24.8 Å². The van der Waals surface area contributed by atoms with Crippen LogP contribution in [0, 0.1) is 66.3 Å². The Hall–Kier alpha value is -1.27. The summed E-state index contributed by atoms with van der Waals surface area (Å²) in [6, 6.07) is 17.4. The Morgan fingerprint density at radius 1 is 0.864 bits per heavy atom. The molecule has 2 aromatic carbocycles. The van der Waals surface area contributed by atoms with Crippen molar-refractivity contribution in [2.75, 3.05) is 0 Å². The van der Waals surface area contributed by atoms with E-state index >= 15 is 0 Å². The van der Waals surface area contributed by atoms with Crippen molar-refractivity contribution in [3.8, 4) is 0 Å². The monoisotopic (exact) mass is 702 g/mol. The number of hydrogen-bond donors (Lipinski definition) is 0. The molecule has 0 saturated heterocycles. The van der Waals surface area contributed by atoms with Gasteiger partial charge in [0.1, 0.15) is 0 Å².